The number of halogens is 2. The maximum Gasteiger partial charge on any atom is 0.143 e. The quantitative estimate of drug-likeness (QED) is 0.753. The minimum atomic E-state index is -0.428. The highest BCUT2D eigenvalue weighted by molar-refractivity contribution is 6.31. The average molecular weight is 295 g/mol. The first kappa shape index (κ1) is 16.3. The summed E-state index contributed by atoms with van der Waals surface area (Å²) in [6.45, 7) is 3.97. The number of aryl methyl sites for hydroxylation is 1. The molecule has 0 aromatic heterocycles. The molecule has 0 spiro atoms. The molecule has 0 amide bonds. The van der Waals surface area contributed by atoms with Gasteiger partial charge in [0.1, 0.15) is 5.83 Å². The zero-order chi connectivity index (χ0) is 15.1. The van der Waals surface area contributed by atoms with Crippen LogP contribution >= 0.6 is 11.6 Å². The standard InChI is InChI=1S/C8H9ClFN.C8H11N/c1-5-2-6(9)4-7(10)8(11)3-5;1-2-7-5-3-4-6-8(7)9/h2,4H,3,11H2,1H3;3-6H,2,9H2,1H3. The van der Waals surface area contributed by atoms with Gasteiger partial charge in [0, 0.05) is 22.8 Å². The van der Waals surface area contributed by atoms with Crippen molar-refractivity contribution in [2.24, 2.45) is 5.73 Å². The Kier molecular flexibility index (Phi) is 6.32. The van der Waals surface area contributed by atoms with E-state index in [9.17, 15) is 4.39 Å². The van der Waals surface area contributed by atoms with E-state index >= 15 is 0 Å². The van der Waals surface area contributed by atoms with E-state index in [2.05, 4.69) is 13.0 Å². The van der Waals surface area contributed by atoms with Crippen LogP contribution in [0.5, 0.6) is 0 Å². The van der Waals surface area contributed by atoms with Crippen molar-refractivity contribution in [2.75, 3.05) is 5.73 Å². The highest BCUT2D eigenvalue weighted by Crippen LogP contribution is 2.22. The Hall–Kier alpha value is -1.74. The van der Waals surface area contributed by atoms with Gasteiger partial charge in [-0.25, -0.2) is 4.39 Å². The molecule has 0 saturated heterocycles. The van der Waals surface area contributed by atoms with Crippen molar-refractivity contribution in [3.63, 3.8) is 0 Å². The molecule has 0 aliphatic heterocycles. The van der Waals surface area contributed by atoms with Gasteiger partial charge in [-0.2, -0.15) is 0 Å². The van der Waals surface area contributed by atoms with E-state index in [4.69, 9.17) is 23.1 Å². The van der Waals surface area contributed by atoms with Crippen molar-refractivity contribution in [3.8, 4) is 0 Å². The summed E-state index contributed by atoms with van der Waals surface area (Å²) >= 11 is 5.63. The fourth-order valence-electron chi connectivity index (χ4n) is 1.78. The molecule has 1 aliphatic rings. The lowest BCUT2D eigenvalue weighted by Gasteiger charge is -1.98. The molecule has 0 atom stereocenters. The summed E-state index contributed by atoms with van der Waals surface area (Å²) in [5.41, 5.74) is 14.4. The maximum atomic E-state index is 12.8. The summed E-state index contributed by atoms with van der Waals surface area (Å²) in [6.07, 6.45) is 4.42. The monoisotopic (exact) mass is 294 g/mol. The van der Waals surface area contributed by atoms with E-state index in [1.807, 2.05) is 25.1 Å². The number of hydrogen-bond acceptors (Lipinski definition) is 2. The van der Waals surface area contributed by atoms with Crippen LogP contribution in [-0.4, -0.2) is 0 Å². The van der Waals surface area contributed by atoms with Crippen molar-refractivity contribution in [3.05, 3.63) is 64.1 Å². The third kappa shape index (κ3) is 5.10. The van der Waals surface area contributed by atoms with Gasteiger partial charge < -0.3 is 11.5 Å². The van der Waals surface area contributed by atoms with Crippen LogP contribution in [0, 0.1) is 0 Å². The molecule has 0 bridgehead atoms. The molecule has 20 heavy (non-hydrogen) atoms. The molecule has 4 heteroatoms. The zero-order valence-electron chi connectivity index (χ0n) is 11.8. The summed E-state index contributed by atoms with van der Waals surface area (Å²) < 4.78 is 12.8. The first-order valence-corrected chi connectivity index (χ1v) is 6.83. The van der Waals surface area contributed by atoms with Crippen LogP contribution in [0.25, 0.3) is 0 Å². The lowest BCUT2D eigenvalue weighted by Crippen LogP contribution is -1.98. The molecule has 2 nitrogen and oxygen atoms in total. The van der Waals surface area contributed by atoms with Crippen LogP contribution in [0.4, 0.5) is 10.1 Å². The highest BCUT2D eigenvalue weighted by atomic mass is 35.5. The van der Waals surface area contributed by atoms with E-state index in [0.29, 0.717) is 11.5 Å². The van der Waals surface area contributed by atoms with Gasteiger partial charge in [0.05, 0.1) is 0 Å². The van der Waals surface area contributed by atoms with E-state index in [-0.39, 0.29) is 5.70 Å². The number of nitrogen functional groups attached to an aromatic ring is 1. The minimum Gasteiger partial charge on any atom is -0.399 e. The zero-order valence-corrected chi connectivity index (χ0v) is 12.5. The van der Waals surface area contributed by atoms with Gasteiger partial charge in [-0.15, -0.1) is 0 Å². The second-order valence-electron chi connectivity index (χ2n) is 4.62. The Morgan fingerprint density at radius 1 is 1.20 bits per heavy atom. The van der Waals surface area contributed by atoms with Gasteiger partial charge in [0.2, 0.25) is 0 Å². The highest BCUT2D eigenvalue weighted by Gasteiger charge is 2.06. The summed E-state index contributed by atoms with van der Waals surface area (Å²) in [5, 5.41) is 0.389. The van der Waals surface area contributed by atoms with Crippen LogP contribution in [0.2, 0.25) is 0 Å². The Morgan fingerprint density at radius 2 is 1.85 bits per heavy atom. The van der Waals surface area contributed by atoms with Crippen molar-refractivity contribution < 1.29 is 4.39 Å². The fraction of sp³-hybridized carbons (Fsp3) is 0.250. The largest absolute Gasteiger partial charge is 0.399 e. The summed E-state index contributed by atoms with van der Waals surface area (Å²) in [5.74, 6) is -0.428. The third-order valence-electron chi connectivity index (χ3n) is 2.86. The number of benzene rings is 1. The molecule has 0 fully saturated rings. The number of anilines is 1. The Labute approximate surface area is 124 Å². The van der Waals surface area contributed by atoms with Gasteiger partial charge in [0.25, 0.3) is 0 Å². The smallest absolute Gasteiger partial charge is 0.143 e. The molecule has 0 heterocycles. The predicted octanol–water partition coefficient (Wildman–Crippen LogP) is 4.43. The molecular formula is C16H20ClFN2. The summed E-state index contributed by atoms with van der Waals surface area (Å²) in [4.78, 5) is 0. The average Bonchev–Trinajstić information content (AvgIpc) is 2.49. The molecule has 1 aromatic rings. The Bertz CT molecular complexity index is 559. The Morgan fingerprint density at radius 3 is 2.40 bits per heavy atom. The van der Waals surface area contributed by atoms with Gasteiger partial charge in [-0.05, 0) is 37.1 Å². The van der Waals surface area contributed by atoms with Crippen molar-refractivity contribution in [1.82, 2.24) is 0 Å². The van der Waals surface area contributed by atoms with Crippen LogP contribution in [0.3, 0.4) is 0 Å². The first-order valence-electron chi connectivity index (χ1n) is 6.46. The SMILES string of the molecule is CC1=CC(Cl)=CC(F)=C(N)C1.CCc1ccccc1N. The van der Waals surface area contributed by atoms with Gasteiger partial charge >= 0.3 is 0 Å². The van der Waals surface area contributed by atoms with Crippen molar-refractivity contribution >= 4 is 17.3 Å². The minimum absolute atomic E-state index is 0.245. The molecule has 4 N–H and O–H groups in total. The molecule has 1 aromatic carbocycles. The maximum absolute atomic E-state index is 12.8. The van der Waals surface area contributed by atoms with Crippen LogP contribution in [0.15, 0.2) is 58.5 Å². The number of hydrogen-bond donors (Lipinski definition) is 2. The first-order chi connectivity index (χ1) is 9.43. The van der Waals surface area contributed by atoms with Gasteiger partial charge in [-0.1, -0.05) is 42.3 Å². The topological polar surface area (TPSA) is 52.0 Å². The number of allylic oxidation sites excluding steroid dienone is 5. The second kappa shape index (κ2) is 7.75. The summed E-state index contributed by atoms with van der Waals surface area (Å²) in [7, 11) is 0. The second-order valence-corrected chi connectivity index (χ2v) is 5.06. The third-order valence-corrected chi connectivity index (χ3v) is 3.08. The van der Waals surface area contributed by atoms with Crippen molar-refractivity contribution in [2.45, 2.75) is 26.7 Å². The molecule has 2 rings (SSSR count). The predicted molar refractivity (Wildman–Crippen MR) is 84.9 cm³/mol. The van der Waals surface area contributed by atoms with E-state index in [1.54, 1.807) is 6.08 Å². The van der Waals surface area contributed by atoms with E-state index in [1.165, 1.54) is 11.6 Å². The molecule has 0 saturated carbocycles. The van der Waals surface area contributed by atoms with Crippen molar-refractivity contribution in [1.29, 1.82) is 0 Å². The molecule has 1 aliphatic carbocycles. The normalized spacial score (nSPS) is 14.8. The number of rotatable bonds is 1. The van der Waals surface area contributed by atoms with Gasteiger partial charge in [-0.3, -0.25) is 0 Å². The number of nitrogens with two attached hydrogens (primary N) is 2. The number of para-hydroxylation sites is 1. The molecule has 0 radical (unpaired) electrons. The Balaban J connectivity index is 0.000000204. The lowest BCUT2D eigenvalue weighted by atomic mass is 10.1. The van der Waals surface area contributed by atoms with Crippen LogP contribution in [-0.2, 0) is 6.42 Å². The van der Waals surface area contributed by atoms with Crippen LogP contribution in [0.1, 0.15) is 25.8 Å². The fourth-order valence-corrected chi connectivity index (χ4v) is 2.06. The van der Waals surface area contributed by atoms with Gasteiger partial charge in [0.15, 0.2) is 0 Å². The molecule has 108 valence electrons. The van der Waals surface area contributed by atoms with E-state index < -0.39 is 5.83 Å². The summed E-state index contributed by atoms with van der Waals surface area (Å²) in [6, 6.07) is 7.94. The molecular weight excluding hydrogens is 275 g/mol. The lowest BCUT2D eigenvalue weighted by molar-refractivity contribution is 0.647. The molecule has 0 unspecified atom stereocenters. The van der Waals surface area contributed by atoms with E-state index in [0.717, 1.165) is 17.7 Å². The van der Waals surface area contributed by atoms with Crippen LogP contribution < -0.4 is 11.5 Å².